The highest BCUT2D eigenvalue weighted by Crippen LogP contribution is 2.22. The fourth-order valence-electron chi connectivity index (χ4n) is 3.31. The van der Waals surface area contributed by atoms with Gasteiger partial charge in [-0.15, -0.1) is 5.10 Å². The molecule has 1 aliphatic heterocycles. The Morgan fingerprint density at radius 3 is 2.68 bits per heavy atom. The van der Waals surface area contributed by atoms with Gasteiger partial charge in [0.15, 0.2) is 5.69 Å². The number of likely N-dealkylation sites (tertiary alicyclic amines) is 1. The number of halogens is 3. The van der Waals surface area contributed by atoms with E-state index < -0.39 is 12.7 Å². The van der Waals surface area contributed by atoms with Crippen LogP contribution in [0, 0.1) is 12.8 Å². The zero-order valence-corrected chi connectivity index (χ0v) is 15.7. The van der Waals surface area contributed by atoms with E-state index in [2.05, 4.69) is 15.6 Å². The average Bonchev–Trinajstić information content (AvgIpc) is 3.25. The Labute approximate surface area is 160 Å². The van der Waals surface area contributed by atoms with Crippen LogP contribution in [0.15, 0.2) is 24.3 Å². The third kappa shape index (κ3) is 4.80. The number of hydrogen-bond donors (Lipinski definition) is 1. The summed E-state index contributed by atoms with van der Waals surface area (Å²) in [6, 6.07) is 7.16. The SMILES string of the molecule is COc1ccc(-n2nnc(C(=O)NCC3CCN(CC(F)(F)F)C3)c2C)cc1. The second kappa shape index (κ2) is 8.17. The van der Waals surface area contributed by atoms with Crippen LogP contribution in [0.3, 0.4) is 0 Å². The summed E-state index contributed by atoms with van der Waals surface area (Å²) in [7, 11) is 1.57. The quantitative estimate of drug-likeness (QED) is 0.809. The first-order valence-electron chi connectivity index (χ1n) is 8.91. The molecular formula is C18H22F3N5O2. The summed E-state index contributed by atoms with van der Waals surface area (Å²) in [5, 5.41) is 10.7. The molecule has 1 aromatic heterocycles. The Bertz CT molecular complexity index is 820. The highest BCUT2D eigenvalue weighted by molar-refractivity contribution is 5.93. The van der Waals surface area contributed by atoms with E-state index in [0.717, 1.165) is 5.69 Å². The Morgan fingerprint density at radius 2 is 2.04 bits per heavy atom. The largest absolute Gasteiger partial charge is 0.497 e. The fourth-order valence-corrected chi connectivity index (χ4v) is 3.31. The number of carbonyl (C=O) groups excluding carboxylic acids is 1. The van der Waals surface area contributed by atoms with Crippen LogP contribution in [0.4, 0.5) is 13.2 Å². The molecule has 1 N–H and O–H groups in total. The van der Waals surface area contributed by atoms with Gasteiger partial charge in [0.2, 0.25) is 0 Å². The van der Waals surface area contributed by atoms with Crippen molar-refractivity contribution in [1.29, 1.82) is 0 Å². The molecule has 3 rings (SSSR count). The first-order chi connectivity index (χ1) is 13.3. The molecule has 0 spiro atoms. The van der Waals surface area contributed by atoms with Gasteiger partial charge in [-0.25, -0.2) is 4.68 Å². The second-order valence-corrected chi connectivity index (χ2v) is 6.85. The van der Waals surface area contributed by atoms with Gasteiger partial charge >= 0.3 is 6.18 Å². The number of alkyl halides is 3. The zero-order valence-electron chi connectivity index (χ0n) is 15.7. The molecule has 1 fully saturated rings. The number of carbonyl (C=O) groups is 1. The Balaban J connectivity index is 1.57. The summed E-state index contributed by atoms with van der Waals surface area (Å²) in [6.07, 6.45) is -3.58. The molecule has 10 heteroatoms. The molecule has 0 bridgehead atoms. The van der Waals surface area contributed by atoms with E-state index in [0.29, 0.717) is 37.5 Å². The van der Waals surface area contributed by atoms with Crippen molar-refractivity contribution in [2.75, 3.05) is 33.3 Å². The standard InChI is InChI=1S/C18H22F3N5O2/c1-12-16(23-24-26(12)14-3-5-15(28-2)6-4-14)17(27)22-9-13-7-8-25(10-13)11-18(19,20)21/h3-6,13H,7-11H2,1-2H3,(H,22,27). The summed E-state index contributed by atoms with van der Waals surface area (Å²) in [5.74, 6) is 0.311. The van der Waals surface area contributed by atoms with Crippen molar-refractivity contribution in [3.8, 4) is 11.4 Å². The number of nitrogens with one attached hydrogen (secondary N) is 1. The minimum atomic E-state index is -4.20. The monoisotopic (exact) mass is 397 g/mol. The smallest absolute Gasteiger partial charge is 0.401 e. The summed E-state index contributed by atoms with van der Waals surface area (Å²) in [6.45, 7) is 1.83. The lowest BCUT2D eigenvalue weighted by molar-refractivity contribution is -0.143. The molecule has 1 aliphatic rings. The van der Waals surface area contributed by atoms with Crippen LogP contribution in [0.2, 0.25) is 0 Å². The van der Waals surface area contributed by atoms with Gasteiger partial charge in [0.1, 0.15) is 5.75 Å². The fraction of sp³-hybridized carbons (Fsp3) is 0.500. The van der Waals surface area contributed by atoms with Crippen molar-refractivity contribution >= 4 is 5.91 Å². The molecule has 1 saturated heterocycles. The van der Waals surface area contributed by atoms with E-state index in [4.69, 9.17) is 4.74 Å². The van der Waals surface area contributed by atoms with Crippen LogP contribution in [0.1, 0.15) is 22.6 Å². The number of methoxy groups -OCH3 is 1. The van der Waals surface area contributed by atoms with Crippen LogP contribution in [-0.4, -0.2) is 65.3 Å². The Kier molecular flexibility index (Phi) is 5.87. The topological polar surface area (TPSA) is 72.3 Å². The van der Waals surface area contributed by atoms with E-state index in [1.165, 1.54) is 4.90 Å². The molecule has 28 heavy (non-hydrogen) atoms. The van der Waals surface area contributed by atoms with E-state index in [9.17, 15) is 18.0 Å². The number of nitrogens with zero attached hydrogens (tertiary/aromatic N) is 4. The maximum atomic E-state index is 12.5. The molecule has 0 radical (unpaired) electrons. The van der Waals surface area contributed by atoms with E-state index in [1.807, 2.05) is 0 Å². The van der Waals surface area contributed by atoms with Gasteiger partial charge in [0.25, 0.3) is 5.91 Å². The lowest BCUT2D eigenvalue weighted by atomic mass is 10.1. The van der Waals surface area contributed by atoms with Crippen LogP contribution in [0.5, 0.6) is 5.75 Å². The van der Waals surface area contributed by atoms with Crippen molar-refractivity contribution < 1.29 is 22.7 Å². The van der Waals surface area contributed by atoms with Crippen molar-refractivity contribution in [1.82, 2.24) is 25.2 Å². The van der Waals surface area contributed by atoms with Crippen LogP contribution in [0.25, 0.3) is 5.69 Å². The predicted molar refractivity (Wildman–Crippen MR) is 95.6 cm³/mol. The number of aromatic nitrogens is 3. The predicted octanol–water partition coefficient (Wildman–Crippen LogP) is 2.20. The number of benzene rings is 1. The van der Waals surface area contributed by atoms with Crippen molar-refractivity contribution in [3.63, 3.8) is 0 Å². The highest BCUT2D eigenvalue weighted by atomic mass is 19.4. The van der Waals surface area contributed by atoms with Gasteiger partial charge in [-0.2, -0.15) is 13.2 Å². The first-order valence-corrected chi connectivity index (χ1v) is 8.91. The third-order valence-corrected chi connectivity index (χ3v) is 4.75. The maximum absolute atomic E-state index is 12.5. The van der Waals surface area contributed by atoms with Gasteiger partial charge in [0, 0.05) is 13.1 Å². The van der Waals surface area contributed by atoms with Crippen LogP contribution >= 0.6 is 0 Å². The van der Waals surface area contributed by atoms with E-state index in [-0.39, 0.29) is 17.5 Å². The number of rotatable bonds is 6. The molecular weight excluding hydrogens is 375 g/mol. The molecule has 2 heterocycles. The molecule has 152 valence electrons. The summed E-state index contributed by atoms with van der Waals surface area (Å²) < 4.78 is 44.1. The third-order valence-electron chi connectivity index (χ3n) is 4.75. The summed E-state index contributed by atoms with van der Waals surface area (Å²) >= 11 is 0. The van der Waals surface area contributed by atoms with Gasteiger partial charge < -0.3 is 10.1 Å². The van der Waals surface area contributed by atoms with Gasteiger partial charge in [-0.1, -0.05) is 5.21 Å². The number of hydrogen-bond acceptors (Lipinski definition) is 5. The van der Waals surface area contributed by atoms with Gasteiger partial charge in [-0.3, -0.25) is 9.69 Å². The second-order valence-electron chi connectivity index (χ2n) is 6.85. The minimum absolute atomic E-state index is 0.0109. The van der Waals surface area contributed by atoms with E-state index >= 15 is 0 Å². The van der Waals surface area contributed by atoms with Crippen molar-refractivity contribution in [2.24, 2.45) is 5.92 Å². The number of ether oxygens (including phenoxy) is 1. The zero-order chi connectivity index (χ0) is 20.3. The highest BCUT2D eigenvalue weighted by Gasteiger charge is 2.34. The van der Waals surface area contributed by atoms with E-state index in [1.54, 1.807) is 43.0 Å². The molecule has 2 aromatic rings. The Morgan fingerprint density at radius 1 is 1.32 bits per heavy atom. The van der Waals surface area contributed by atoms with Crippen LogP contribution in [-0.2, 0) is 0 Å². The van der Waals surface area contributed by atoms with Crippen LogP contribution < -0.4 is 10.1 Å². The molecule has 0 saturated carbocycles. The number of amides is 1. The molecule has 1 aromatic carbocycles. The molecule has 0 aliphatic carbocycles. The molecule has 1 amide bonds. The lowest BCUT2D eigenvalue weighted by Gasteiger charge is -2.17. The van der Waals surface area contributed by atoms with Gasteiger partial charge in [-0.05, 0) is 50.1 Å². The summed E-state index contributed by atoms with van der Waals surface area (Å²) in [4.78, 5) is 13.8. The molecule has 1 atom stereocenters. The minimum Gasteiger partial charge on any atom is -0.497 e. The first kappa shape index (κ1) is 20.1. The molecule has 1 unspecified atom stereocenters. The lowest BCUT2D eigenvalue weighted by Crippen LogP contribution is -2.35. The molecule has 7 nitrogen and oxygen atoms in total. The van der Waals surface area contributed by atoms with Crippen molar-refractivity contribution in [3.05, 3.63) is 35.7 Å². The normalized spacial score (nSPS) is 17.7. The van der Waals surface area contributed by atoms with Crippen molar-refractivity contribution in [2.45, 2.75) is 19.5 Å². The Hall–Kier alpha value is -2.62. The maximum Gasteiger partial charge on any atom is 0.401 e. The van der Waals surface area contributed by atoms with Gasteiger partial charge in [0.05, 0.1) is 25.0 Å². The average molecular weight is 397 g/mol. The summed E-state index contributed by atoms with van der Waals surface area (Å²) in [5.41, 5.74) is 1.51.